The van der Waals surface area contributed by atoms with Crippen molar-refractivity contribution in [1.82, 2.24) is 0 Å². The Morgan fingerprint density at radius 2 is 1.10 bits per heavy atom. The van der Waals surface area contributed by atoms with Crippen molar-refractivity contribution >= 4 is 23.0 Å². The Kier molecular flexibility index (Phi) is 9.81. The van der Waals surface area contributed by atoms with Crippen LogP contribution in [0.4, 0.5) is 17.1 Å². The molecule has 8 aromatic carbocycles. The van der Waals surface area contributed by atoms with Gasteiger partial charge >= 0.3 is 5.97 Å². The van der Waals surface area contributed by atoms with Crippen molar-refractivity contribution in [2.75, 3.05) is 4.90 Å². The van der Waals surface area contributed by atoms with Crippen LogP contribution in [0.3, 0.4) is 0 Å². The van der Waals surface area contributed by atoms with Crippen molar-refractivity contribution in [3.05, 3.63) is 239 Å². The number of fused-ring (bicyclic) bond motifs is 3. The SMILES string of the molecule is CCc1ccc(C(C)C)cc1-c1ccc(OC(=O)c2ccc(N(c3ccccc3)c3ccc4c(c3)C(c3ccccc3)(c3ccccc3)c3ccccc3-4)cc2)cc1. The lowest BCUT2D eigenvalue weighted by Gasteiger charge is -2.35. The standard InChI is InChI=1S/C55H45NO2/c1-4-39-24-25-42(38(2)3)36-51(39)40-28-33-48(34-29-40)58-54(57)41-26-30-46(31-27-41)56(45-20-12-7-13-21-45)47-32-35-50-49-22-14-15-23-52(49)55(53(50)37-47,43-16-8-5-9-17-43)44-18-10-6-11-19-44/h5-38H,4H2,1-3H3. The molecule has 3 heteroatoms. The van der Waals surface area contributed by atoms with Gasteiger partial charge in [-0.2, -0.15) is 0 Å². The number of nitrogens with zero attached hydrogens (tertiary/aromatic N) is 1. The summed E-state index contributed by atoms with van der Waals surface area (Å²) in [4.78, 5) is 15.8. The quantitative estimate of drug-likeness (QED) is 0.103. The maximum absolute atomic E-state index is 13.6. The first kappa shape index (κ1) is 36.7. The second-order valence-corrected chi connectivity index (χ2v) is 15.3. The highest BCUT2D eigenvalue weighted by Gasteiger charge is 2.46. The van der Waals surface area contributed by atoms with Crippen LogP contribution >= 0.6 is 0 Å². The van der Waals surface area contributed by atoms with Crippen molar-refractivity contribution in [3.8, 4) is 28.0 Å². The van der Waals surface area contributed by atoms with Crippen molar-refractivity contribution in [2.24, 2.45) is 0 Å². The molecule has 0 heterocycles. The normalized spacial score (nSPS) is 12.5. The molecule has 0 saturated heterocycles. The first-order valence-electron chi connectivity index (χ1n) is 20.2. The summed E-state index contributed by atoms with van der Waals surface area (Å²) in [6.07, 6.45) is 0.949. The Balaban J connectivity index is 1.06. The molecule has 0 fully saturated rings. The van der Waals surface area contributed by atoms with E-state index in [-0.39, 0.29) is 0 Å². The maximum atomic E-state index is 13.6. The van der Waals surface area contributed by atoms with E-state index in [0.29, 0.717) is 17.2 Å². The number of anilines is 3. The van der Waals surface area contributed by atoms with E-state index in [9.17, 15) is 4.79 Å². The average molecular weight is 752 g/mol. The fourth-order valence-electron chi connectivity index (χ4n) is 8.74. The minimum absolute atomic E-state index is 0.396. The van der Waals surface area contributed by atoms with Gasteiger partial charge in [-0.25, -0.2) is 4.79 Å². The Morgan fingerprint density at radius 3 is 1.74 bits per heavy atom. The lowest BCUT2D eigenvalue weighted by Crippen LogP contribution is -2.28. The third kappa shape index (κ3) is 6.49. The van der Waals surface area contributed by atoms with Crippen LogP contribution in [0.2, 0.25) is 0 Å². The van der Waals surface area contributed by atoms with Gasteiger partial charge in [0.05, 0.1) is 11.0 Å². The van der Waals surface area contributed by atoms with Crippen molar-refractivity contribution in [1.29, 1.82) is 0 Å². The van der Waals surface area contributed by atoms with Crippen molar-refractivity contribution in [2.45, 2.75) is 38.5 Å². The van der Waals surface area contributed by atoms with Crippen LogP contribution in [0.1, 0.15) is 70.4 Å². The monoisotopic (exact) mass is 751 g/mol. The molecule has 0 bridgehead atoms. The highest BCUT2D eigenvalue weighted by atomic mass is 16.5. The van der Waals surface area contributed by atoms with Crippen molar-refractivity contribution < 1.29 is 9.53 Å². The van der Waals surface area contributed by atoms with Gasteiger partial charge in [0, 0.05) is 17.1 Å². The number of carbonyl (C=O) groups excluding carboxylic acids is 1. The minimum Gasteiger partial charge on any atom is -0.423 e. The number of esters is 1. The summed E-state index contributed by atoms with van der Waals surface area (Å²) in [5, 5.41) is 0. The summed E-state index contributed by atoms with van der Waals surface area (Å²) in [5.41, 5.74) is 15.3. The predicted molar refractivity (Wildman–Crippen MR) is 239 cm³/mol. The van der Waals surface area contributed by atoms with Gasteiger partial charge in [-0.3, -0.25) is 0 Å². The van der Waals surface area contributed by atoms with Gasteiger partial charge in [-0.1, -0.05) is 160 Å². The van der Waals surface area contributed by atoms with E-state index in [2.05, 4.69) is 171 Å². The zero-order valence-electron chi connectivity index (χ0n) is 33.1. The van der Waals surface area contributed by atoms with E-state index in [0.717, 1.165) is 29.0 Å². The maximum Gasteiger partial charge on any atom is 0.343 e. The summed E-state index contributed by atoms with van der Waals surface area (Å²) in [6, 6.07) is 70.1. The van der Waals surface area contributed by atoms with E-state index in [1.807, 2.05) is 54.6 Å². The lowest BCUT2D eigenvalue weighted by molar-refractivity contribution is 0.0735. The summed E-state index contributed by atoms with van der Waals surface area (Å²) >= 11 is 0. The number of para-hydroxylation sites is 1. The number of benzene rings is 8. The van der Waals surface area contributed by atoms with Crippen LogP contribution in [0.15, 0.2) is 200 Å². The average Bonchev–Trinajstić information content (AvgIpc) is 3.58. The summed E-state index contributed by atoms with van der Waals surface area (Å²) < 4.78 is 5.92. The molecular weight excluding hydrogens is 707 g/mol. The molecule has 1 aliphatic carbocycles. The second kappa shape index (κ2) is 15.5. The second-order valence-electron chi connectivity index (χ2n) is 15.3. The number of ether oxygens (including phenoxy) is 1. The molecule has 0 N–H and O–H groups in total. The number of hydrogen-bond acceptors (Lipinski definition) is 3. The molecule has 0 unspecified atom stereocenters. The van der Waals surface area contributed by atoms with E-state index in [1.54, 1.807) is 0 Å². The molecule has 282 valence electrons. The molecule has 58 heavy (non-hydrogen) atoms. The van der Waals surface area contributed by atoms with Gasteiger partial charge in [0.1, 0.15) is 5.75 Å². The fraction of sp³-hybridized carbons (Fsp3) is 0.109. The topological polar surface area (TPSA) is 29.5 Å². The molecule has 0 saturated carbocycles. The molecule has 0 amide bonds. The van der Waals surface area contributed by atoms with Gasteiger partial charge in [0.2, 0.25) is 0 Å². The molecule has 1 aliphatic rings. The molecule has 0 aliphatic heterocycles. The zero-order valence-corrected chi connectivity index (χ0v) is 33.1. The Bertz CT molecular complexity index is 2660. The molecule has 3 nitrogen and oxygen atoms in total. The highest BCUT2D eigenvalue weighted by Crippen LogP contribution is 2.57. The van der Waals surface area contributed by atoms with Gasteiger partial charge in [0.15, 0.2) is 0 Å². The highest BCUT2D eigenvalue weighted by molar-refractivity contribution is 5.93. The van der Waals surface area contributed by atoms with Crippen LogP contribution in [0.25, 0.3) is 22.3 Å². The van der Waals surface area contributed by atoms with Gasteiger partial charge < -0.3 is 9.64 Å². The van der Waals surface area contributed by atoms with Crippen LogP contribution in [0.5, 0.6) is 5.75 Å². The first-order chi connectivity index (χ1) is 28.4. The van der Waals surface area contributed by atoms with E-state index in [4.69, 9.17) is 4.74 Å². The van der Waals surface area contributed by atoms with Gasteiger partial charge in [0.25, 0.3) is 0 Å². The van der Waals surface area contributed by atoms with Crippen LogP contribution in [0, 0.1) is 0 Å². The van der Waals surface area contributed by atoms with Crippen molar-refractivity contribution in [3.63, 3.8) is 0 Å². The third-order valence-corrected chi connectivity index (χ3v) is 11.6. The largest absolute Gasteiger partial charge is 0.423 e. The third-order valence-electron chi connectivity index (χ3n) is 11.6. The number of rotatable bonds is 10. The number of hydrogen-bond donors (Lipinski definition) is 0. The smallest absolute Gasteiger partial charge is 0.343 e. The number of carbonyl (C=O) groups is 1. The fourth-order valence-corrected chi connectivity index (χ4v) is 8.74. The Hall–Kier alpha value is -6.97. The van der Waals surface area contributed by atoms with Gasteiger partial charge in [-0.05, 0) is 129 Å². The molecule has 0 aromatic heterocycles. The molecule has 8 aromatic rings. The number of aryl methyl sites for hydroxylation is 1. The van der Waals surface area contributed by atoms with Crippen LogP contribution in [-0.2, 0) is 11.8 Å². The summed E-state index contributed by atoms with van der Waals surface area (Å²) in [7, 11) is 0. The molecule has 9 rings (SSSR count). The lowest BCUT2D eigenvalue weighted by atomic mass is 9.67. The van der Waals surface area contributed by atoms with E-state index >= 15 is 0 Å². The zero-order chi connectivity index (χ0) is 39.6. The van der Waals surface area contributed by atoms with E-state index < -0.39 is 11.4 Å². The summed E-state index contributed by atoms with van der Waals surface area (Å²) in [6.45, 7) is 6.61. The van der Waals surface area contributed by atoms with Gasteiger partial charge in [-0.15, -0.1) is 0 Å². The Morgan fingerprint density at radius 1 is 0.534 bits per heavy atom. The van der Waals surface area contributed by atoms with E-state index in [1.165, 1.54) is 50.1 Å². The molecule has 0 radical (unpaired) electrons. The first-order valence-corrected chi connectivity index (χ1v) is 20.2. The molecule has 0 spiro atoms. The summed E-state index contributed by atoms with van der Waals surface area (Å²) in [5.74, 6) is 0.565. The predicted octanol–water partition coefficient (Wildman–Crippen LogP) is 14.1. The molecular formula is C55H45NO2. The molecule has 0 atom stereocenters. The minimum atomic E-state index is -0.519. The Labute approximate surface area is 341 Å². The van der Waals surface area contributed by atoms with Crippen LogP contribution in [-0.4, -0.2) is 5.97 Å². The van der Waals surface area contributed by atoms with Crippen LogP contribution < -0.4 is 9.64 Å².